The lowest BCUT2D eigenvalue weighted by molar-refractivity contribution is 0.103. The second-order valence-corrected chi connectivity index (χ2v) is 6.52. The Morgan fingerprint density at radius 2 is 1.41 bits per heavy atom. The summed E-state index contributed by atoms with van der Waals surface area (Å²) in [6, 6.07) is 27.8. The summed E-state index contributed by atoms with van der Waals surface area (Å²) in [7, 11) is 1.58. The number of carbonyl (C=O) groups is 1. The summed E-state index contributed by atoms with van der Waals surface area (Å²) >= 11 is 0. The molecular weight excluding hydrogens is 362 g/mol. The molecule has 0 atom stereocenters. The van der Waals surface area contributed by atoms with Gasteiger partial charge in [0.1, 0.15) is 11.5 Å². The second kappa shape index (κ2) is 7.98. The van der Waals surface area contributed by atoms with E-state index in [0.717, 1.165) is 11.1 Å². The molecule has 0 spiro atoms. The first-order valence-corrected chi connectivity index (χ1v) is 9.19. The van der Waals surface area contributed by atoms with Gasteiger partial charge in [-0.3, -0.25) is 10.2 Å². The lowest BCUT2D eigenvalue weighted by Gasteiger charge is -2.12. The van der Waals surface area contributed by atoms with Crippen molar-refractivity contribution >= 4 is 5.78 Å². The predicted octanol–water partition coefficient (Wildman–Crippen LogP) is 5.33. The average Bonchev–Trinajstić information content (AvgIpc) is 2.79. The first-order valence-electron chi connectivity index (χ1n) is 9.19. The summed E-state index contributed by atoms with van der Waals surface area (Å²) in [5.41, 5.74) is 2.92. The normalized spacial score (nSPS) is 10.5. The molecule has 4 heteroatoms. The Hall–Kier alpha value is -3.92. The highest BCUT2D eigenvalue weighted by molar-refractivity contribution is 6.12. The highest BCUT2D eigenvalue weighted by Gasteiger charge is 2.20. The zero-order chi connectivity index (χ0) is 20.2. The van der Waals surface area contributed by atoms with Crippen LogP contribution < -0.4 is 10.3 Å². The summed E-state index contributed by atoms with van der Waals surface area (Å²) in [5, 5.41) is 8.50. The van der Waals surface area contributed by atoms with Gasteiger partial charge in [0.15, 0.2) is 5.78 Å². The van der Waals surface area contributed by atoms with Crippen LogP contribution in [0.2, 0.25) is 0 Å². The number of methoxy groups -OCH3 is 1. The van der Waals surface area contributed by atoms with E-state index in [1.165, 1.54) is 0 Å². The highest BCUT2D eigenvalue weighted by Crippen LogP contribution is 2.29. The molecule has 4 rings (SSSR count). The van der Waals surface area contributed by atoms with E-state index >= 15 is 0 Å². The fourth-order valence-electron chi connectivity index (χ4n) is 3.22. The third kappa shape index (κ3) is 3.73. The molecule has 0 unspecified atom stereocenters. The zero-order valence-electron chi connectivity index (χ0n) is 15.9. The quantitative estimate of drug-likeness (QED) is 0.475. The first-order chi connectivity index (χ1) is 14.2. The molecule has 0 radical (unpaired) electrons. The second-order valence-electron chi connectivity index (χ2n) is 6.52. The van der Waals surface area contributed by atoms with Crippen molar-refractivity contribution in [3.63, 3.8) is 0 Å². The van der Waals surface area contributed by atoms with Gasteiger partial charge < -0.3 is 9.15 Å². The van der Waals surface area contributed by atoms with Crippen LogP contribution in [0.5, 0.6) is 5.75 Å². The molecule has 0 aliphatic rings. The Labute approximate surface area is 168 Å². The van der Waals surface area contributed by atoms with Crippen molar-refractivity contribution in [3.05, 3.63) is 108 Å². The van der Waals surface area contributed by atoms with E-state index in [1.54, 1.807) is 31.4 Å². The smallest absolute Gasteiger partial charge is 0.223 e. The molecule has 0 saturated carbocycles. The van der Waals surface area contributed by atoms with Crippen LogP contribution in [0.3, 0.4) is 0 Å². The van der Waals surface area contributed by atoms with Crippen molar-refractivity contribution in [2.45, 2.75) is 0 Å². The first kappa shape index (κ1) is 18.4. The van der Waals surface area contributed by atoms with Gasteiger partial charge >= 0.3 is 0 Å². The fraction of sp³-hybridized carbons (Fsp3) is 0.0400. The molecule has 1 heterocycles. The third-order valence-electron chi connectivity index (χ3n) is 4.71. The predicted molar refractivity (Wildman–Crippen MR) is 112 cm³/mol. The van der Waals surface area contributed by atoms with Gasteiger partial charge in [0.05, 0.1) is 12.7 Å². The monoisotopic (exact) mass is 381 g/mol. The largest absolute Gasteiger partial charge is 0.497 e. The van der Waals surface area contributed by atoms with Crippen molar-refractivity contribution < 1.29 is 13.9 Å². The van der Waals surface area contributed by atoms with E-state index in [0.29, 0.717) is 22.6 Å². The van der Waals surface area contributed by atoms with Crippen LogP contribution in [0.25, 0.3) is 22.5 Å². The summed E-state index contributed by atoms with van der Waals surface area (Å²) in [6.07, 6.45) is 0. The van der Waals surface area contributed by atoms with Gasteiger partial charge in [-0.05, 0) is 35.9 Å². The van der Waals surface area contributed by atoms with Crippen LogP contribution in [0.15, 0.2) is 95.4 Å². The average molecular weight is 381 g/mol. The summed E-state index contributed by atoms with van der Waals surface area (Å²) in [6.45, 7) is 0. The van der Waals surface area contributed by atoms with E-state index in [1.807, 2.05) is 66.7 Å². The van der Waals surface area contributed by atoms with Crippen LogP contribution in [-0.4, -0.2) is 12.9 Å². The summed E-state index contributed by atoms with van der Waals surface area (Å²) in [5.74, 6) is 0.945. The maximum Gasteiger partial charge on any atom is 0.223 e. The van der Waals surface area contributed by atoms with Crippen LogP contribution in [-0.2, 0) is 0 Å². The fourth-order valence-corrected chi connectivity index (χ4v) is 3.22. The number of rotatable bonds is 5. The van der Waals surface area contributed by atoms with Gasteiger partial charge in [-0.15, -0.1) is 0 Å². The van der Waals surface area contributed by atoms with Crippen LogP contribution in [0.4, 0.5) is 0 Å². The highest BCUT2D eigenvalue weighted by atomic mass is 16.5. The lowest BCUT2D eigenvalue weighted by Crippen LogP contribution is -2.17. The van der Waals surface area contributed by atoms with Crippen molar-refractivity contribution in [1.82, 2.24) is 0 Å². The van der Waals surface area contributed by atoms with Gasteiger partial charge in [-0.25, -0.2) is 0 Å². The maximum absolute atomic E-state index is 13.3. The Kier molecular flexibility index (Phi) is 5.08. The molecule has 1 aromatic heterocycles. The molecule has 0 bridgehead atoms. The molecule has 0 saturated heterocycles. The zero-order valence-corrected chi connectivity index (χ0v) is 15.9. The van der Waals surface area contributed by atoms with E-state index in [4.69, 9.17) is 14.6 Å². The molecule has 29 heavy (non-hydrogen) atoms. The number of carbonyl (C=O) groups excluding carboxylic acids is 1. The number of nitrogens with one attached hydrogen (secondary N) is 1. The Balaban J connectivity index is 1.90. The number of benzene rings is 3. The Morgan fingerprint density at radius 3 is 2.00 bits per heavy atom. The van der Waals surface area contributed by atoms with Crippen molar-refractivity contribution in [2.24, 2.45) is 0 Å². The van der Waals surface area contributed by atoms with Gasteiger partial charge in [-0.2, -0.15) is 0 Å². The van der Waals surface area contributed by atoms with Gasteiger partial charge in [0, 0.05) is 16.7 Å². The lowest BCUT2D eigenvalue weighted by atomic mass is 9.94. The molecule has 0 aliphatic carbocycles. The SMILES string of the molecule is COc1ccc(C(=O)c2c(-c3ccccc3)cc(-c3ccccc3)oc2=N)cc1. The molecule has 0 amide bonds. The summed E-state index contributed by atoms with van der Waals surface area (Å²) < 4.78 is 10.9. The van der Waals surface area contributed by atoms with Crippen molar-refractivity contribution in [1.29, 1.82) is 5.41 Å². The molecule has 142 valence electrons. The van der Waals surface area contributed by atoms with E-state index in [2.05, 4.69) is 0 Å². The minimum absolute atomic E-state index is 0.161. The minimum atomic E-state index is -0.264. The van der Waals surface area contributed by atoms with Crippen molar-refractivity contribution in [3.8, 4) is 28.2 Å². The summed E-state index contributed by atoms with van der Waals surface area (Å²) in [4.78, 5) is 13.3. The third-order valence-corrected chi connectivity index (χ3v) is 4.71. The molecule has 1 N–H and O–H groups in total. The molecule has 4 nitrogen and oxygen atoms in total. The number of ketones is 1. The topological polar surface area (TPSA) is 63.3 Å². The van der Waals surface area contributed by atoms with Gasteiger partial charge in [0.25, 0.3) is 0 Å². The standard InChI is InChI=1S/C25H19NO3/c1-28-20-14-12-19(13-15-20)24(27)23-21(17-8-4-2-5-9-17)16-22(29-25(23)26)18-10-6-3-7-11-18/h2-16,26H,1H3. The molecular formula is C25H19NO3. The van der Waals surface area contributed by atoms with Crippen molar-refractivity contribution in [2.75, 3.05) is 7.11 Å². The Bertz CT molecular complexity index is 1190. The molecule has 4 aromatic rings. The number of ether oxygens (including phenoxy) is 1. The number of hydrogen-bond donors (Lipinski definition) is 1. The molecule has 0 fully saturated rings. The van der Waals surface area contributed by atoms with Gasteiger partial charge in [0.2, 0.25) is 5.55 Å². The maximum atomic E-state index is 13.3. The van der Waals surface area contributed by atoms with Crippen LogP contribution >= 0.6 is 0 Å². The Morgan fingerprint density at radius 1 is 0.828 bits per heavy atom. The number of hydrogen-bond acceptors (Lipinski definition) is 4. The van der Waals surface area contributed by atoms with E-state index in [-0.39, 0.29) is 16.9 Å². The molecule has 0 aliphatic heterocycles. The molecule has 3 aromatic carbocycles. The van der Waals surface area contributed by atoms with Crippen LogP contribution in [0, 0.1) is 5.41 Å². The minimum Gasteiger partial charge on any atom is -0.497 e. The van der Waals surface area contributed by atoms with Gasteiger partial charge in [-0.1, -0.05) is 60.7 Å². The van der Waals surface area contributed by atoms with Crippen LogP contribution in [0.1, 0.15) is 15.9 Å². The van der Waals surface area contributed by atoms with E-state index in [9.17, 15) is 4.79 Å². The van der Waals surface area contributed by atoms with E-state index < -0.39 is 0 Å².